The first-order chi connectivity index (χ1) is 13.1. The zero-order valence-electron chi connectivity index (χ0n) is 14.2. The van der Waals surface area contributed by atoms with Crippen molar-refractivity contribution in [2.24, 2.45) is 0 Å². The highest BCUT2D eigenvalue weighted by Gasteiger charge is 2.31. The Labute approximate surface area is 158 Å². The number of aromatic nitrogens is 3. The maximum atomic E-state index is 13.3. The number of para-hydroxylation sites is 1. The lowest BCUT2D eigenvalue weighted by Crippen LogP contribution is -2.15. The molecule has 138 valence electrons. The Kier molecular flexibility index (Phi) is 4.89. The summed E-state index contributed by atoms with van der Waals surface area (Å²) in [5, 5.41) is 11.7. The minimum Gasteiger partial charge on any atom is -0.325 e. The quantitative estimate of drug-likeness (QED) is 0.647. The Balaban J connectivity index is 1.48. The maximum absolute atomic E-state index is 13.3. The number of carbonyl (C=O) groups excluding carboxylic acids is 1. The van der Waals surface area contributed by atoms with Gasteiger partial charge in [0.2, 0.25) is 5.91 Å². The van der Waals surface area contributed by atoms with E-state index in [0.29, 0.717) is 11.1 Å². The first-order valence-corrected chi connectivity index (χ1v) is 9.49. The van der Waals surface area contributed by atoms with Crippen LogP contribution in [-0.2, 0) is 4.79 Å². The number of rotatable bonds is 6. The van der Waals surface area contributed by atoms with Gasteiger partial charge >= 0.3 is 0 Å². The molecule has 0 saturated heterocycles. The van der Waals surface area contributed by atoms with Gasteiger partial charge in [-0.1, -0.05) is 30.0 Å². The topological polar surface area (TPSA) is 59.8 Å². The molecule has 1 aliphatic carbocycles. The molecule has 0 aliphatic heterocycles. The number of carbonyl (C=O) groups is 1. The maximum Gasteiger partial charge on any atom is 0.234 e. The molecule has 1 fully saturated rings. The highest BCUT2D eigenvalue weighted by molar-refractivity contribution is 7.99. The Morgan fingerprint density at radius 1 is 1.11 bits per heavy atom. The van der Waals surface area contributed by atoms with E-state index in [4.69, 9.17) is 0 Å². The molecule has 5 nitrogen and oxygen atoms in total. The number of anilines is 1. The second kappa shape index (κ2) is 7.48. The lowest BCUT2D eigenvalue weighted by atomic mass is 10.3. The van der Waals surface area contributed by atoms with Gasteiger partial charge < -0.3 is 5.32 Å². The van der Waals surface area contributed by atoms with Crippen LogP contribution >= 0.6 is 11.8 Å². The standard InChI is InChI=1S/C19H16F2N4OS/c20-15-9-8-13(10-16(15)21)22-17(26)11-27-19-24-23-18(12-6-7-12)25(19)14-4-2-1-3-5-14/h1-5,8-10,12H,6-7,11H2,(H,22,26). The van der Waals surface area contributed by atoms with Gasteiger partial charge in [0.15, 0.2) is 16.8 Å². The van der Waals surface area contributed by atoms with Gasteiger partial charge in [-0.2, -0.15) is 0 Å². The van der Waals surface area contributed by atoms with Gasteiger partial charge in [-0.25, -0.2) is 8.78 Å². The van der Waals surface area contributed by atoms with Crippen LogP contribution < -0.4 is 5.32 Å². The number of nitrogens with one attached hydrogen (secondary N) is 1. The third-order valence-electron chi connectivity index (χ3n) is 4.15. The number of nitrogens with zero attached hydrogens (tertiary/aromatic N) is 3. The first kappa shape index (κ1) is 17.7. The summed E-state index contributed by atoms with van der Waals surface area (Å²) >= 11 is 1.25. The summed E-state index contributed by atoms with van der Waals surface area (Å²) in [6, 6.07) is 13.0. The molecule has 1 saturated carbocycles. The molecular formula is C19H16F2N4OS. The Morgan fingerprint density at radius 2 is 1.89 bits per heavy atom. The zero-order valence-corrected chi connectivity index (χ0v) is 15.0. The molecule has 0 bridgehead atoms. The highest BCUT2D eigenvalue weighted by atomic mass is 32.2. The molecule has 1 heterocycles. The van der Waals surface area contributed by atoms with E-state index in [1.165, 1.54) is 17.8 Å². The normalized spacial score (nSPS) is 13.6. The van der Waals surface area contributed by atoms with Crippen molar-refractivity contribution in [2.45, 2.75) is 23.9 Å². The van der Waals surface area contributed by atoms with Gasteiger partial charge in [-0.3, -0.25) is 9.36 Å². The predicted molar refractivity (Wildman–Crippen MR) is 99.0 cm³/mol. The van der Waals surface area contributed by atoms with Crippen LogP contribution in [0.4, 0.5) is 14.5 Å². The molecule has 27 heavy (non-hydrogen) atoms. The van der Waals surface area contributed by atoms with Crippen LogP contribution in [0.5, 0.6) is 0 Å². The summed E-state index contributed by atoms with van der Waals surface area (Å²) in [5.41, 5.74) is 1.16. The Hall–Kier alpha value is -2.74. The van der Waals surface area contributed by atoms with Gasteiger partial charge in [0.1, 0.15) is 5.82 Å². The minimum atomic E-state index is -1.00. The SMILES string of the molecule is O=C(CSc1nnc(C2CC2)n1-c1ccccc1)Nc1ccc(F)c(F)c1. The number of halogens is 2. The highest BCUT2D eigenvalue weighted by Crippen LogP contribution is 2.41. The average Bonchev–Trinajstić information content (AvgIpc) is 3.43. The van der Waals surface area contributed by atoms with Gasteiger partial charge in [0, 0.05) is 23.4 Å². The Morgan fingerprint density at radius 3 is 2.59 bits per heavy atom. The summed E-state index contributed by atoms with van der Waals surface area (Å²) in [6.45, 7) is 0. The predicted octanol–water partition coefficient (Wildman–Crippen LogP) is 4.15. The number of benzene rings is 2. The lowest BCUT2D eigenvalue weighted by Gasteiger charge is -2.10. The largest absolute Gasteiger partial charge is 0.325 e. The van der Waals surface area contributed by atoms with Crippen LogP contribution in [0.25, 0.3) is 5.69 Å². The van der Waals surface area contributed by atoms with E-state index < -0.39 is 11.6 Å². The van der Waals surface area contributed by atoms with Crippen LogP contribution in [-0.4, -0.2) is 26.4 Å². The molecule has 8 heteroatoms. The average molecular weight is 386 g/mol. The van der Waals surface area contributed by atoms with Gasteiger partial charge in [0.25, 0.3) is 0 Å². The molecule has 3 aromatic rings. The van der Waals surface area contributed by atoms with Gasteiger partial charge in [-0.15, -0.1) is 10.2 Å². The number of thioether (sulfide) groups is 1. The fourth-order valence-corrected chi connectivity index (χ4v) is 3.46. The van der Waals surface area contributed by atoms with Crippen LogP contribution in [0.3, 0.4) is 0 Å². The van der Waals surface area contributed by atoms with E-state index in [2.05, 4.69) is 15.5 Å². The van der Waals surface area contributed by atoms with Crippen molar-refractivity contribution in [3.8, 4) is 5.69 Å². The fraction of sp³-hybridized carbons (Fsp3) is 0.211. The third-order valence-corrected chi connectivity index (χ3v) is 5.08. The van der Waals surface area contributed by atoms with Crippen LogP contribution in [0, 0.1) is 11.6 Å². The second-order valence-electron chi connectivity index (χ2n) is 6.25. The van der Waals surface area contributed by atoms with E-state index >= 15 is 0 Å². The monoisotopic (exact) mass is 386 g/mol. The van der Waals surface area contributed by atoms with Crippen molar-refractivity contribution >= 4 is 23.4 Å². The number of amides is 1. The van der Waals surface area contributed by atoms with E-state index in [-0.39, 0.29) is 17.3 Å². The molecule has 1 aliphatic rings. The van der Waals surface area contributed by atoms with Crippen molar-refractivity contribution in [3.05, 3.63) is 66.0 Å². The minimum absolute atomic E-state index is 0.0780. The fourth-order valence-electron chi connectivity index (χ4n) is 2.70. The Bertz CT molecular complexity index is 973. The summed E-state index contributed by atoms with van der Waals surface area (Å²) in [5.74, 6) is -0.895. The van der Waals surface area contributed by atoms with Crippen LogP contribution in [0.15, 0.2) is 53.7 Å². The molecule has 1 aromatic heterocycles. The number of hydrogen-bond donors (Lipinski definition) is 1. The molecule has 1 N–H and O–H groups in total. The van der Waals surface area contributed by atoms with Gasteiger partial charge in [0.05, 0.1) is 5.75 Å². The zero-order chi connectivity index (χ0) is 18.8. The molecular weight excluding hydrogens is 370 g/mol. The summed E-state index contributed by atoms with van der Waals surface area (Å²) < 4.78 is 28.2. The van der Waals surface area contributed by atoms with Crippen molar-refractivity contribution < 1.29 is 13.6 Å². The van der Waals surface area contributed by atoms with E-state index in [1.807, 2.05) is 34.9 Å². The molecule has 4 rings (SSSR count). The summed E-state index contributed by atoms with van der Waals surface area (Å²) in [7, 11) is 0. The van der Waals surface area contributed by atoms with Crippen LogP contribution in [0.1, 0.15) is 24.6 Å². The molecule has 0 radical (unpaired) electrons. The van der Waals surface area contributed by atoms with Crippen LogP contribution in [0.2, 0.25) is 0 Å². The van der Waals surface area contributed by atoms with Crippen molar-refractivity contribution in [2.75, 3.05) is 11.1 Å². The van der Waals surface area contributed by atoms with Crippen molar-refractivity contribution in [1.29, 1.82) is 0 Å². The second-order valence-corrected chi connectivity index (χ2v) is 7.19. The molecule has 1 amide bonds. The molecule has 2 aromatic carbocycles. The first-order valence-electron chi connectivity index (χ1n) is 8.50. The lowest BCUT2D eigenvalue weighted by molar-refractivity contribution is -0.113. The van der Waals surface area contributed by atoms with Gasteiger partial charge in [-0.05, 0) is 37.1 Å². The summed E-state index contributed by atoms with van der Waals surface area (Å²) in [4.78, 5) is 12.2. The van der Waals surface area contributed by atoms with E-state index in [0.717, 1.165) is 36.5 Å². The molecule has 0 unspecified atom stereocenters. The van der Waals surface area contributed by atoms with Crippen molar-refractivity contribution in [1.82, 2.24) is 14.8 Å². The third kappa shape index (κ3) is 4.00. The summed E-state index contributed by atoms with van der Waals surface area (Å²) in [6.07, 6.45) is 2.18. The molecule has 0 spiro atoms. The number of hydrogen-bond acceptors (Lipinski definition) is 4. The van der Waals surface area contributed by atoms with E-state index in [9.17, 15) is 13.6 Å². The van der Waals surface area contributed by atoms with Crippen molar-refractivity contribution in [3.63, 3.8) is 0 Å². The smallest absolute Gasteiger partial charge is 0.234 e. The molecule has 0 atom stereocenters. The van der Waals surface area contributed by atoms with E-state index in [1.54, 1.807) is 0 Å².